The van der Waals surface area contributed by atoms with Crippen molar-refractivity contribution in [2.75, 3.05) is 23.0 Å². The van der Waals surface area contributed by atoms with Crippen molar-refractivity contribution >= 4 is 28.7 Å². The molecule has 2 aromatic carbocycles. The minimum Gasteiger partial charge on any atom is -0.494 e. The van der Waals surface area contributed by atoms with Gasteiger partial charge in [-0.3, -0.25) is 0 Å². The Hall–Kier alpha value is -3.28. The van der Waals surface area contributed by atoms with Gasteiger partial charge in [-0.05, 0) is 54.3 Å². The van der Waals surface area contributed by atoms with Crippen LogP contribution < -0.4 is 21.1 Å². The summed E-state index contributed by atoms with van der Waals surface area (Å²) in [4.78, 5) is 8.56. The van der Waals surface area contributed by atoms with Gasteiger partial charge in [-0.1, -0.05) is 39.3 Å². The van der Waals surface area contributed by atoms with Crippen molar-refractivity contribution in [1.29, 1.82) is 0 Å². The van der Waals surface area contributed by atoms with Crippen molar-refractivity contribution in [1.82, 2.24) is 9.97 Å². The van der Waals surface area contributed by atoms with E-state index in [-0.39, 0.29) is 0 Å². The van der Waals surface area contributed by atoms with Crippen LogP contribution in [0.1, 0.15) is 45.1 Å². The lowest BCUT2D eigenvalue weighted by molar-refractivity contribution is 0.309. The second-order valence-corrected chi connectivity index (χ2v) is 7.24. The molecule has 0 bridgehead atoms. The SMILES string of the molecule is CCCCOc1ccc(Nc2ncnc(Nc3ccc(C(C)C)cc3)c2N)cc1. The third-order valence-electron chi connectivity index (χ3n) is 4.61. The van der Waals surface area contributed by atoms with Crippen LogP contribution >= 0.6 is 0 Å². The third kappa shape index (κ3) is 5.60. The summed E-state index contributed by atoms with van der Waals surface area (Å²) in [6.45, 7) is 7.22. The number of ether oxygens (including phenoxy) is 1. The van der Waals surface area contributed by atoms with E-state index >= 15 is 0 Å². The zero-order chi connectivity index (χ0) is 20.6. The lowest BCUT2D eigenvalue weighted by Crippen LogP contribution is -2.05. The minimum atomic E-state index is 0.462. The Balaban J connectivity index is 1.68. The quantitative estimate of drug-likeness (QED) is 0.397. The Bertz CT molecular complexity index is 908. The maximum atomic E-state index is 6.29. The van der Waals surface area contributed by atoms with Gasteiger partial charge < -0.3 is 21.1 Å². The molecule has 152 valence electrons. The number of nitrogens with zero attached hydrogens (tertiary/aromatic N) is 2. The normalized spacial score (nSPS) is 10.8. The maximum absolute atomic E-state index is 6.29. The molecule has 1 heterocycles. The molecule has 0 unspecified atom stereocenters. The van der Waals surface area contributed by atoms with Gasteiger partial charge in [-0.15, -0.1) is 0 Å². The number of nitrogens with two attached hydrogens (primary N) is 1. The summed E-state index contributed by atoms with van der Waals surface area (Å²) in [5.41, 5.74) is 9.85. The first kappa shape index (κ1) is 20.5. The highest BCUT2D eigenvalue weighted by atomic mass is 16.5. The van der Waals surface area contributed by atoms with Crippen molar-refractivity contribution in [2.45, 2.75) is 39.5 Å². The molecule has 3 rings (SSSR count). The summed E-state index contributed by atoms with van der Waals surface area (Å²) in [6.07, 6.45) is 3.66. The topological polar surface area (TPSA) is 85.1 Å². The van der Waals surface area contributed by atoms with Crippen molar-refractivity contribution < 1.29 is 4.74 Å². The van der Waals surface area contributed by atoms with E-state index in [0.717, 1.165) is 36.6 Å². The molecule has 0 aliphatic rings. The van der Waals surface area contributed by atoms with E-state index in [4.69, 9.17) is 10.5 Å². The number of anilines is 5. The Morgan fingerprint density at radius 3 is 1.97 bits per heavy atom. The van der Waals surface area contributed by atoms with E-state index in [9.17, 15) is 0 Å². The van der Waals surface area contributed by atoms with Crippen molar-refractivity contribution in [3.63, 3.8) is 0 Å². The van der Waals surface area contributed by atoms with Crippen LogP contribution in [0, 0.1) is 0 Å². The van der Waals surface area contributed by atoms with Gasteiger partial charge in [0.1, 0.15) is 17.8 Å². The van der Waals surface area contributed by atoms with Crippen molar-refractivity contribution in [2.24, 2.45) is 0 Å². The van der Waals surface area contributed by atoms with Crippen LogP contribution in [0.25, 0.3) is 0 Å². The van der Waals surface area contributed by atoms with E-state index < -0.39 is 0 Å². The molecule has 0 spiro atoms. The zero-order valence-corrected chi connectivity index (χ0v) is 17.3. The first-order valence-corrected chi connectivity index (χ1v) is 10.0. The Morgan fingerprint density at radius 1 is 0.897 bits per heavy atom. The standard InChI is InChI=1S/C23H29N5O/c1-4-5-14-29-20-12-10-19(11-13-20)28-23-21(24)22(25-15-26-23)27-18-8-6-17(7-9-18)16(2)3/h6-13,15-16H,4-5,14,24H2,1-3H3,(H2,25,26,27,28). The molecule has 0 fully saturated rings. The molecular formula is C23H29N5O. The van der Waals surface area contributed by atoms with Gasteiger partial charge in [0, 0.05) is 11.4 Å². The molecule has 3 aromatic rings. The second-order valence-electron chi connectivity index (χ2n) is 7.24. The number of hydrogen-bond donors (Lipinski definition) is 3. The van der Waals surface area contributed by atoms with Crippen LogP contribution in [0.5, 0.6) is 5.75 Å². The van der Waals surface area contributed by atoms with Crippen LogP contribution in [0.3, 0.4) is 0 Å². The number of rotatable bonds is 9. The predicted octanol–water partition coefficient (Wildman–Crippen LogP) is 5.85. The molecular weight excluding hydrogens is 362 g/mol. The highest BCUT2D eigenvalue weighted by molar-refractivity contribution is 5.80. The van der Waals surface area contributed by atoms with E-state index in [0.29, 0.717) is 23.2 Å². The third-order valence-corrected chi connectivity index (χ3v) is 4.61. The van der Waals surface area contributed by atoms with E-state index in [1.807, 2.05) is 36.4 Å². The number of nitrogen functional groups attached to an aromatic ring is 1. The molecule has 0 aliphatic carbocycles. The average Bonchev–Trinajstić information content (AvgIpc) is 2.73. The number of unbranched alkanes of at least 4 members (excludes halogenated alkanes) is 1. The average molecular weight is 392 g/mol. The maximum Gasteiger partial charge on any atom is 0.159 e. The molecule has 0 aliphatic heterocycles. The molecule has 6 nitrogen and oxygen atoms in total. The summed E-state index contributed by atoms with van der Waals surface area (Å²) in [7, 11) is 0. The largest absolute Gasteiger partial charge is 0.494 e. The van der Waals surface area contributed by atoms with Gasteiger partial charge in [0.2, 0.25) is 0 Å². The molecule has 29 heavy (non-hydrogen) atoms. The van der Waals surface area contributed by atoms with E-state index in [1.165, 1.54) is 11.9 Å². The summed E-state index contributed by atoms with van der Waals surface area (Å²) in [6, 6.07) is 16.0. The van der Waals surface area contributed by atoms with Gasteiger partial charge in [0.15, 0.2) is 11.6 Å². The molecule has 6 heteroatoms. The first-order chi connectivity index (χ1) is 14.1. The van der Waals surface area contributed by atoms with Crippen LogP contribution in [0.15, 0.2) is 54.9 Å². The molecule has 0 radical (unpaired) electrons. The Morgan fingerprint density at radius 2 is 1.45 bits per heavy atom. The van der Waals surface area contributed by atoms with Crippen molar-refractivity contribution in [3.8, 4) is 5.75 Å². The lowest BCUT2D eigenvalue weighted by Gasteiger charge is -2.13. The van der Waals surface area contributed by atoms with Gasteiger partial charge in [0.25, 0.3) is 0 Å². The summed E-state index contributed by atoms with van der Waals surface area (Å²) in [5.74, 6) is 2.47. The van der Waals surface area contributed by atoms with Crippen LogP contribution in [0.4, 0.5) is 28.7 Å². The Kier molecular flexibility index (Phi) is 6.89. The molecule has 1 aromatic heterocycles. The molecule has 0 saturated heterocycles. The number of benzene rings is 2. The Labute approximate surface area is 172 Å². The molecule has 0 atom stereocenters. The minimum absolute atomic E-state index is 0.462. The molecule has 4 N–H and O–H groups in total. The summed E-state index contributed by atoms with van der Waals surface area (Å²) in [5, 5.41) is 6.51. The van der Waals surface area contributed by atoms with Crippen LogP contribution in [0.2, 0.25) is 0 Å². The predicted molar refractivity (Wildman–Crippen MR) is 120 cm³/mol. The van der Waals surface area contributed by atoms with E-state index in [1.54, 1.807) is 0 Å². The van der Waals surface area contributed by atoms with Crippen LogP contribution in [-0.2, 0) is 0 Å². The fourth-order valence-electron chi connectivity index (χ4n) is 2.79. The van der Waals surface area contributed by atoms with Gasteiger partial charge in [-0.25, -0.2) is 9.97 Å². The number of hydrogen-bond acceptors (Lipinski definition) is 6. The van der Waals surface area contributed by atoms with Gasteiger partial charge >= 0.3 is 0 Å². The lowest BCUT2D eigenvalue weighted by atomic mass is 10.0. The first-order valence-electron chi connectivity index (χ1n) is 10.0. The fraction of sp³-hybridized carbons (Fsp3) is 0.304. The monoisotopic (exact) mass is 391 g/mol. The van der Waals surface area contributed by atoms with Crippen molar-refractivity contribution in [3.05, 3.63) is 60.4 Å². The second kappa shape index (κ2) is 9.78. The van der Waals surface area contributed by atoms with E-state index in [2.05, 4.69) is 53.5 Å². The molecule has 0 amide bonds. The number of aromatic nitrogens is 2. The smallest absolute Gasteiger partial charge is 0.159 e. The van der Waals surface area contributed by atoms with Gasteiger partial charge in [0.05, 0.1) is 6.61 Å². The zero-order valence-electron chi connectivity index (χ0n) is 17.3. The highest BCUT2D eigenvalue weighted by Crippen LogP contribution is 2.29. The van der Waals surface area contributed by atoms with Gasteiger partial charge in [-0.2, -0.15) is 0 Å². The summed E-state index contributed by atoms with van der Waals surface area (Å²) >= 11 is 0. The number of nitrogens with one attached hydrogen (secondary N) is 2. The fourth-order valence-corrected chi connectivity index (χ4v) is 2.79. The highest BCUT2D eigenvalue weighted by Gasteiger charge is 2.09. The summed E-state index contributed by atoms with van der Waals surface area (Å²) < 4.78 is 5.70. The molecule has 0 saturated carbocycles. The van der Waals surface area contributed by atoms with Crippen LogP contribution in [-0.4, -0.2) is 16.6 Å².